The molecule has 3 heterocycles. The first-order valence-corrected chi connectivity index (χ1v) is 8.71. The van der Waals surface area contributed by atoms with Crippen molar-refractivity contribution in [3.63, 3.8) is 0 Å². The van der Waals surface area contributed by atoms with Crippen molar-refractivity contribution in [2.45, 2.75) is 6.61 Å². The van der Waals surface area contributed by atoms with Crippen molar-refractivity contribution in [3.05, 3.63) is 95.8 Å². The molecule has 27 heavy (non-hydrogen) atoms. The number of para-hydroxylation sites is 1. The summed E-state index contributed by atoms with van der Waals surface area (Å²) in [7, 11) is 0. The number of aromatic nitrogens is 1. The number of ether oxygens (including phenoxy) is 1. The van der Waals surface area contributed by atoms with Crippen LogP contribution in [-0.4, -0.2) is 10.8 Å². The van der Waals surface area contributed by atoms with Gasteiger partial charge in [0.2, 0.25) is 5.78 Å². The predicted octanol–water partition coefficient (Wildman–Crippen LogP) is 5.25. The fourth-order valence-corrected chi connectivity index (χ4v) is 3.46. The number of ketones is 1. The van der Waals surface area contributed by atoms with Crippen molar-refractivity contribution in [3.8, 4) is 11.1 Å². The highest BCUT2D eigenvalue weighted by molar-refractivity contribution is 6.18. The van der Waals surface area contributed by atoms with E-state index in [0.717, 1.165) is 22.0 Å². The lowest BCUT2D eigenvalue weighted by atomic mass is 9.90. The number of carbonyl (C=O) groups excluding carboxylic acids is 1. The summed E-state index contributed by atoms with van der Waals surface area (Å²) in [5, 5.41) is 0.954. The maximum absolute atomic E-state index is 13.3. The molecule has 0 aliphatic carbocycles. The first-order chi connectivity index (χ1) is 13.3. The molecule has 0 bridgehead atoms. The Labute approximate surface area is 155 Å². The van der Waals surface area contributed by atoms with E-state index in [2.05, 4.69) is 4.98 Å². The summed E-state index contributed by atoms with van der Waals surface area (Å²) >= 11 is 0. The summed E-state index contributed by atoms with van der Waals surface area (Å²) in [4.78, 5) is 18.0. The van der Waals surface area contributed by atoms with Gasteiger partial charge < -0.3 is 9.15 Å². The van der Waals surface area contributed by atoms with Crippen molar-refractivity contribution in [1.29, 1.82) is 0 Å². The molecule has 2 aromatic heterocycles. The van der Waals surface area contributed by atoms with Gasteiger partial charge in [0.1, 0.15) is 12.4 Å². The first-order valence-electron chi connectivity index (χ1n) is 8.71. The molecule has 4 nitrogen and oxygen atoms in total. The minimum Gasteiger partial charge on any atom is -0.483 e. The molecular formula is C23H15NO3. The topological polar surface area (TPSA) is 52.3 Å². The van der Waals surface area contributed by atoms with Crippen LogP contribution in [-0.2, 0) is 11.3 Å². The molecule has 4 aromatic rings. The molecule has 130 valence electrons. The largest absolute Gasteiger partial charge is 0.483 e. The normalized spacial score (nSPS) is 15.0. The quantitative estimate of drug-likeness (QED) is 0.462. The third-order valence-electron chi connectivity index (χ3n) is 4.66. The Morgan fingerprint density at radius 2 is 1.70 bits per heavy atom. The minimum atomic E-state index is -0.176. The van der Waals surface area contributed by atoms with Crippen LogP contribution in [0.2, 0.25) is 0 Å². The van der Waals surface area contributed by atoms with Crippen LogP contribution in [0.15, 0.2) is 83.2 Å². The number of hydrogen-bond acceptors (Lipinski definition) is 4. The Kier molecular flexibility index (Phi) is 3.61. The maximum Gasteiger partial charge on any atom is 0.230 e. The second kappa shape index (κ2) is 6.25. The second-order valence-electron chi connectivity index (χ2n) is 6.33. The van der Waals surface area contributed by atoms with Gasteiger partial charge in [0.15, 0.2) is 5.76 Å². The van der Waals surface area contributed by atoms with E-state index in [0.29, 0.717) is 17.0 Å². The van der Waals surface area contributed by atoms with Crippen LogP contribution in [0.4, 0.5) is 0 Å². The Hall–Kier alpha value is -3.66. The van der Waals surface area contributed by atoms with E-state index in [1.165, 1.54) is 0 Å². The molecule has 5 rings (SSSR count). The van der Waals surface area contributed by atoms with Gasteiger partial charge in [-0.05, 0) is 23.8 Å². The SMILES string of the molecule is O=C1/C(=C/c2ccco2)OCc2nc3ccccc3c(-c3ccccc3)c21. The van der Waals surface area contributed by atoms with Crippen molar-refractivity contribution < 1.29 is 13.9 Å². The van der Waals surface area contributed by atoms with E-state index < -0.39 is 0 Å². The van der Waals surface area contributed by atoms with E-state index in [-0.39, 0.29) is 18.1 Å². The van der Waals surface area contributed by atoms with Gasteiger partial charge >= 0.3 is 0 Å². The molecule has 0 amide bonds. The Bertz CT molecular complexity index is 1180. The summed E-state index contributed by atoms with van der Waals surface area (Å²) in [5.41, 5.74) is 4.00. The minimum absolute atomic E-state index is 0.176. The van der Waals surface area contributed by atoms with Gasteiger partial charge in [-0.1, -0.05) is 48.5 Å². The summed E-state index contributed by atoms with van der Waals surface area (Å²) in [5.74, 6) is 0.674. The number of carbonyl (C=O) groups is 1. The lowest BCUT2D eigenvalue weighted by Crippen LogP contribution is -2.19. The number of nitrogens with zero attached hydrogens (tertiary/aromatic N) is 1. The molecule has 0 saturated heterocycles. The number of allylic oxidation sites excluding steroid dienone is 1. The number of hydrogen-bond donors (Lipinski definition) is 0. The zero-order chi connectivity index (χ0) is 18.2. The van der Waals surface area contributed by atoms with Gasteiger partial charge in [-0.15, -0.1) is 0 Å². The smallest absolute Gasteiger partial charge is 0.230 e. The van der Waals surface area contributed by atoms with Crippen LogP contribution in [0.5, 0.6) is 0 Å². The standard InChI is InChI=1S/C23H15NO3/c25-23-20(13-16-9-6-12-26-16)27-14-19-22(23)21(15-7-2-1-3-8-15)17-10-4-5-11-18(17)24-19/h1-13H,14H2/b20-13-. The summed E-state index contributed by atoms with van der Waals surface area (Å²) in [6.45, 7) is 0.248. The van der Waals surface area contributed by atoms with Crippen LogP contribution in [0.25, 0.3) is 28.1 Å². The van der Waals surface area contributed by atoms with Crippen LogP contribution >= 0.6 is 0 Å². The number of rotatable bonds is 2. The van der Waals surface area contributed by atoms with Gasteiger partial charge in [-0.25, -0.2) is 4.98 Å². The van der Waals surface area contributed by atoms with Crippen LogP contribution in [0.3, 0.4) is 0 Å². The number of pyridine rings is 1. The highest BCUT2D eigenvalue weighted by atomic mass is 16.5. The molecule has 2 aromatic carbocycles. The Morgan fingerprint density at radius 3 is 2.52 bits per heavy atom. The molecule has 4 heteroatoms. The van der Waals surface area contributed by atoms with Crippen LogP contribution in [0.1, 0.15) is 21.8 Å². The van der Waals surface area contributed by atoms with Crippen LogP contribution in [0, 0.1) is 0 Å². The van der Waals surface area contributed by atoms with Crippen molar-refractivity contribution in [1.82, 2.24) is 4.98 Å². The lowest BCUT2D eigenvalue weighted by Gasteiger charge is -2.22. The summed E-state index contributed by atoms with van der Waals surface area (Å²) in [6, 6.07) is 21.4. The van der Waals surface area contributed by atoms with Gasteiger partial charge in [-0.3, -0.25) is 4.79 Å². The first kappa shape index (κ1) is 15.6. The zero-order valence-electron chi connectivity index (χ0n) is 14.4. The lowest BCUT2D eigenvalue weighted by molar-refractivity contribution is 0.0866. The Balaban J connectivity index is 1.78. The summed E-state index contributed by atoms with van der Waals surface area (Å²) in [6.07, 6.45) is 3.20. The fourth-order valence-electron chi connectivity index (χ4n) is 3.46. The van der Waals surface area contributed by atoms with Crippen molar-refractivity contribution >= 4 is 22.8 Å². The van der Waals surface area contributed by atoms with Crippen LogP contribution < -0.4 is 0 Å². The predicted molar refractivity (Wildman–Crippen MR) is 103 cm³/mol. The van der Waals surface area contributed by atoms with Crippen molar-refractivity contribution in [2.24, 2.45) is 0 Å². The fraction of sp³-hybridized carbons (Fsp3) is 0.0435. The average Bonchev–Trinajstić information content (AvgIpc) is 3.22. The number of fused-ring (bicyclic) bond motifs is 2. The zero-order valence-corrected chi connectivity index (χ0v) is 14.4. The van der Waals surface area contributed by atoms with Crippen molar-refractivity contribution in [2.75, 3.05) is 0 Å². The van der Waals surface area contributed by atoms with E-state index in [1.54, 1.807) is 24.5 Å². The molecule has 1 aliphatic heterocycles. The monoisotopic (exact) mass is 353 g/mol. The number of Topliss-reactive ketones (excluding diaryl/α,β-unsaturated/α-hetero) is 1. The van der Waals surface area contributed by atoms with Gasteiger partial charge in [0.25, 0.3) is 0 Å². The molecule has 0 saturated carbocycles. The molecule has 0 N–H and O–H groups in total. The molecule has 1 aliphatic rings. The van der Waals surface area contributed by atoms with E-state index in [1.807, 2.05) is 54.6 Å². The molecule has 0 spiro atoms. The third kappa shape index (κ3) is 2.62. The van der Waals surface area contributed by atoms with Gasteiger partial charge in [-0.2, -0.15) is 0 Å². The number of benzene rings is 2. The highest BCUT2D eigenvalue weighted by Gasteiger charge is 2.30. The third-order valence-corrected chi connectivity index (χ3v) is 4.66. The van der Waals surface area contributed by atoms with Gasteiger partial charge in [0.05, 0.1) is 23.0 Å². The maximum atomic E-state index is 13.3. The van der Waals surface area contributed by atoms with E-state index in [9.17, 15) is 4.79 Å². The second-order valence-corrected chi connectivity index (χ2v) is 6.33. The molecule has 0 atom stereocenters. The molecule has 0 radical (unpaired) electrons. The number of furan rings is 1. The highest BCUT2D eigenvalue weighted by Crippen LogP contribution is 2.37. The molecule has 0 fully saturated rings. The summed E-state index contributed by atoms with van der Waals surface area (Å²) < 4.78 is 11.1. The Morgan fingerprint density at radius 1 is 0.889 bits per heavy atom. The van der Waals surface area contributed by atoms with E-state index >= 15 is 0 Å². The molecular weight excluding hydrogens is 338 g/mol. The average molecular weight is 353 g/mol. The van der Waals surface area contributed by atoms with E-state index in [4.69, 9.17) is 9.15 Å². The van der Waals surface area contributed by atoms with Gasteiger partial charge in [0, 0.05) is 17.0 Å². The molecule has 0 unspecified atom stereocenters.